The van der Waals surface area contributed by atoms with Gasteiger partial charge in [-0.3, -0.25) is 14.7 Å². The van der Waals surface area contributed by atoms with Crippen molar-refractivity contribution < 1.29 is 19.0 Å². The van der Waals surface area contributed by atoms with Crippen LogP contribution in [0.25, 0.3) is 6.08 Å². The van der Waals surface area contributed by atoms with Crippen LogP contribution in [0.5, 0.6) is 17.2 Å². The summed E-state index contributed by atoms with van der Waals surface area (Å²) < 4.78 is 17.5. The Hall–Kier alpha value is -2.45. The van der Waals surface area contributed by atoms with Gasteiger partial charge >= 0.3 is 0 Å². The molecule has 2 aromatic rings. The van der Waals surface area contributed by atoms with Crippen molar-refractivity contribution in [1.82, 2.24) is 4.90 Å². The third-order valence-corrected chi connectivity index (χ3v) is 6.25. The van der Waals surface area contributed by atoms with Crippen LogP contribution in [0, 0.1) is 0 Å². The second-order valence-electron chi connectivity index (χ2n) is 6.58. The average Bonchev–Trinajstić information content (AvgIpc) is 3.31. The first-order valence-corrected chi connectivity index (χ1v) is 11.3. The van der Waals surface area contributed by atoms with Crippen LogP contribution in [0.1, 0.15) is 25.0 Å². The van der Waals surface area contributed by atoms with Crippen LogP contribution in [0.15, 0.2) is 50.8 Å². The molecule has 4 rings (SSSR count). The van der Waals surface area contributed by atoms with Crippen molar-refractivity contribution in [3.05, 3.63) is 56.9 Å². The quantitative estimate of drug-likeness (QED) is 0.531. The van der Waals surface area contributed by atoms with Gasteiger partial charge < -0.3 is 14.2 Å². The number of ether oxygens (including phenoxy) is 3. The molecule has 2 aromatic carbocycles. The van der Waals surface area contributed by atoms with Crippen molar-refractivity contribution in [3.8, 4) is 17.2 Å². The topological polar surface area (TPSA) is 60.4 Å². The Kier molecular flexibility index (Phi) is 6.34. The van der Waals surface area contributed by atoms with Crippen molar-refractivity contribution in [1.29, 1.82) is 0 Å². The van der Waals surface area contributed by atoms with Gasteiger partial charge in [0.05, 0.1) is 9.38 Å². The van der Waals surface area contributed by atoms with E-state index >= 15 is 0 Å². The predicted octanol–water partition coefficient (Wildman–Crippen LogP) is 5.07. The SMILES string of the molecule is CCN=C1S/C(=C\c2ccc(OCc3ccc4c(c3)OCO4)c(Br)c2)C(=O)N1CC. The molecule has 0 unspecified atom stereocenters. The number of carbonyl (C=O) groups excluding carboxylic acids is 1. The van der Waals surface area contributed by atoms with Crippen molar-refractivity contribution in [2.24, 2.45) is 4.99 Å². The van der Waals surface area contributed by atoms with Gasteiger partial charge in [0.2, 0.25) is 6.79 Å². The number of amides is 1. The number of carbonyl (C=O) groups is 1. The zero-order valence-electron chi connectivity index (χ0n) is 16.7. The highest BCUT2D eigenvalue weighted by molar-refractivity contribution is 9.10. The highest BCUT2D eigenvalue weighted by atomic mass is 79.9. The number of hydrogen-bond donors (Lipinski definition) is 0. The Balaban J connectivity index is 1.46. The summed E-state index contributed by atoms with van der Waals surface area (Å²) >= 11 is 4.99. The van der Waals surface area contributed by atoms with Gasteiger partial charge in [0, 0.05) is 13.1 Å². The Labute approximate surface area is 188 Å². The highest BCUT2D eigenvalue weighted by Gasteiger charge is 2.31. The molecule has 2 aliphatic heterocycles. The maximum Gasteiger partial charge on any atom is 0.266 e. The summed E-state index contributed by atoms with van der Waals surface area (Å²) in [6.07, 6.45) is 1.89. The maximum atomic E-state index is 12.6. The number of hydrogen-bond acceptors (Lipinski definition) is 6. The molecular weight excluding hydrogens is 468 g/mol. The molecule has 1 amide bonds. The third-order valence-electron chi connectivity index (χ3n) is 4.58. The van der Waals surface area contributed by atoms with E-state index in [1.165, 1.54) is 11.8 Å². The smallest absolute Gasteiger partial charge is 0.266 e. The number of rotatable bonds is 6. The number of nitrogens with zero attached hydrogens (tertiary/aromatic N) is 2. The van der Waals surface area contributed by atoms with Gasteiger partial charge in [0.25, 0.3) is 5.91 Å². The van der Waals surface area contributed by atoms with Crippen molar-refractivity contribution in [2.75, 3.05) is 19.9 Å². The average molecular weight is 489 g/mol. The first-order valence-electron chi connectivity index (χ1n) is 9.65. The molecule has 6 nitrogen and oxygen atoms in total. The van der Waals surface area contributed by atoms with Crippen LogP contribution >= 0.6 is 27.7 Å². The van der Waals surface area contributed by atoms with E-state index < -0.39 is 0 Å². The largest absolute Gasteiger partial charge is 0.488 e. The molecule has 1 fully saturated rings. The molecule has 0 bridgehead atoms. The van der Waals surface area contributed by atoms with E-state index in [1.807, 2.05) is 56.3 Å². The van der Waals surface area contributed by atoms with Gasteiger partial charge in [-0.25, -0.2) is 0 Å². The summed E-state index contributed by atoms with van der Waals surface area (Å²) in [5.74, 6) is 2.21. The number of fused-ring (bicyclic) bond motifs is 1. The number of amidine groups is 1. The molecule has 0 spiro atoms. The molecule has 1 saturated heterocycles. The first-order chi connectivity index (χ1) is 14.6. The fourth-order valence-corrected chi connectivity index (χ4v) is 4.72. The van der Waals surface area contributed by atoms with Crippen LogP contribution in [0.4, 0.5) is 0 Å². The van der Waals surface area contributed by atoms with Gasteiger partial charge in [-0.1, -0.05) is 12.1 Å². The molecular formula is C22H21BrN2O4S. The summed E-state index contributed by atoms with van der Waals surface area (Å²) in [6, 6.07) is 11.5. The van der Waals surface area contributed by atoms with Crippen LogP contribution in [0.2, 0.25) is 0 Å². The van der Waals surface area contributed by atoms with E-state index in [-0.39, 0.29) is 12.7 Å². The number of aliphatic imine (C=N–C) groups is 1. The standard InChI is InChI=1S/C22H21BrN2O4S/c1-3-24-22-25(4-2)21(26)20(30-22)11-14-5-7-17(16(23)9-14)27-12-15-6-8-18-19(10-15)29-13-28-18/h5-11H,3-4,12-13H2,1-2H3/b20-11-,24-22?. The van der Waals surface area contributed by atoms with E-state index in [4.69, 9.17) is 14.2 Å². The van der Waals surface area contributed by atoms with Gasteiger partial charge in [-0.2, -0.15) is 0 Å². The van der Waals surface area contributed by atoms with Crippen molar-refractivity contribution in [3.63, 3.8) is 0 Å². The number of likely N-dealkylation sites (N-methyl/N-ethyl adjacent to an activating group) is 1. The van der Waals surface area contributed by atoms with E-state index in [0.29, 0.717) is 24.6 Å². The molecule has 0 aromatic heterocycles. The van der Waals surface area contributed by atoms with E-state index in [9.17, 15) is 4.79 Å². The lowest BCUT2D eigenvalue weighted by molar-refractivity contribution is -0.122. The van der Waals surface area contributed by atoms with Crippen LogP contribution in [-0.2, 0) is 11.4 Å². The normalized spacial score (nSPS) is 18.0. The fourth-order valence-electron chi connectivity index (χ4n) is 3.11. The molecule has 2 heterocycles. The highest BCUT2D eigenvalue weighted by Crippen LogP contribution is 2.35. The Morgan fingerprint density at radius 2 is 2.03 bits per heavy atom. The first kappa shape index (κ1) is 20.8. The lowest BCUT2D eigenvalue weighted by atomic mass is 10.2. The summed E-state index contributed by atoms with van der Waals surface area (Å²) in [5.41, 5.74) is 1.91. The summed E-state index contributed by atoms with van der Waals surface area (Å²) in [6.45, 7) is 5.85. The van der Waals surface area contributed by atoms with E-state index in [1.54, 1.807) is 4.90 Å². The van der Waals surface area contributed by atoms with Gasteiger partial charge in [0.1, 0.15) is 12.4 Å². The zero-order chi connectivity index (χ0) is 21.1. The summed E-state index contributed by atoms with van der Waals surface area (Å²) in [4.78, 5) is 19.4. The Bertz CT molecular complexity index is 1040. The van der Waals surface area contributed by atoms with E-state index in [2.05, 4.69) is 20.9 Å². The number of thioether (sulfide) groups is 1. The van der Waals surface area contributed by atoms with Gasteiger partial charge in [-0.15, -0.1) is 0 Å². The summed E-state index contributed by atoms with van der Waals surface area (Å²) in [7, 11) is 0. The zero-order valence-corrected chi connectivity index (χ0v) is 19.1. The lowest BCUT2D eigenvalue weighted by Gasteiger charge is -2.11. The molecule has 30 heavy (non-hydrogen) atoms. The third kappa shape index (κ3) is 4.34. The van der Waals surface area contributed by atoms with Crippen LogP contribution < -0.4 is 14.2 Å². The Morgan fingerprint density at radius 3 is 2.80 bits per heavy atom. The number of benzene rings is 2. The van der Waals surface area contributed by atoms with E-state index in [0.717, 1.165) is 38.0 Å². The van der Waals surface area contributed by atoms with Crippen molar-refractivity contribution >= 4 is 44.8 Å². The van der Waals surface area contributed by atoms with Crippen LogP contribution in [0.3, 0.4) is 0 Å². The minimum absolute atomic E-state index is 0.00560. The molecule has 2 aliphatic rings. The fraction of sp³-hybridized carbons (Fsp3) is 0.273. The lowest BCUT2D eigenvalue weighted by Crippen LogP contribution is -2.28. The second-order valence-corrected chi connectivity index (χ2v) is 8.45. The van der Waals surface area contributed by atoms with Gasteiger partial charge in [0.15, 0.2) is 16.7 Å². The molecule has 8 heteroatoms. The predicted molar refractivity (Wildman–Crippen MR) is 122 cm³/mol. The number of halogens is 1. The maximum absolute atomic E-state index is 12.6. The molecule has 156 valence electrons. The molecule has 0 saturated carbocycles. The van der Waals surface area contributed by atoms with Crippen LogP contribution in [-0.4, -0.2) is 35.9 Å². The van der Waals surface area contributed by atoms with Crippen molar-refractivity contribution in [2.45, 2.75) is 20.5 Å². The summed E-state index contributed by atoms with van der Waals surface area (Å²) in [5, 5.41) is 0.763. The van der Waals surface area contributed by atoms with Gasteiger partial charge in [-0.05, 0) is 83.0 Å². The minimum Gasteiger partial charge on any atom is -0.488 e. The Morgan fingerprint density at radius 1 is 1.20 bits per heavy atom. The molecule has 0 aliphatic carbocycles. The molecule has 0 atom stereocenters. The monoisotopic (exact) mass is 488 g/mol. The molecule has 0 N–H and O–H groups in total. The molecule has 0 radical (unpaired) electrons. The minimum atomic E-state index is -0.00560. The second kappa shape index (κ2) is 9.14.